The van der Waals surface area contributed by atoms with E-state index in [1.54, 1.807) is 0 Å². The minimum atomic E-state index is -0.173. The largest absolute Gasteiger partial charge is 0.393 e. The maximum Gasteiger partial charge on any atom is 0.0563 e. The normalized spacial score (nSPS) is 15.8. The van der Waals surface area contributed by atoms with Gasteiger partial charge in [-0.1, -0.05) is 13.8 Å². The van der Waals surface area contributed by atoms with Crippen LogP contribution in [0.5, 0.6) is 0 Å². The highest BCUT2D eigenvalue weighted by Crippen LogP contribution is 2.12. The van der Waals surface area contributed by atoms with E-state index < -0.39 is 0 Å². The molecule has 1 N–H and O–H groups in total. The van der Waals surface area contributed by atoms with E-state index in [4.69, 9.17) is 6.42 Å². The van der Waals surface area contributed by atoms with Crippen LogP contribution >= 0.6 is 0 Å². The van der Waals surface area contributed by atoms with E-state index in [1.807, 2.05) is 13.8 Å². The third-order valence-corrected chi connectivity index (χ3v) is 1.82. The van der Waals surface area contributed by atoms with Crippen LogP contribution in [-0.4, -0.2) is 11.2 Å². The Morgan fingerprint density at radius 1 is 1.60 bits per heavy atom. The van der Waals surface area contributed by atoms with Crippen molar-refractivity contribution in [3.8, 4) is 12.3 Å². The van der Waals surface area contributed by atoms with Crippen molar-refractivity contribution in [1.82, 2.24) is 0 Å². The van der Waals surface area contributed by atoms with Crippen LogP contribution in [-0.2, 0) is 0 Å². The zero-order chi connectivity index (χ0) is 7.98. The summed E-state index contributed by atoms with van der Waals surface area (Å²) < 4.78 is 0. The van der Waals surface area contributed by atoms with Crippen LogP contribution in [0.1, 0.15) is 33.1 Å². The molecule has 0 fully saturated rings. The van der Waals surface area contributed by atoms with Crippen LogP contribution in [0.2, 0.25) is 0 Å². The van der Waals surface area contributed by atoms with Gasteiger partial charge in [0.2, 0.25) is 0 Å². The summed E-state index contributed by atoms with van der Waals surface area (Å²) in [6, 6.07) is 0. The summed E-state index contributed by atoms with van der Waals surface area (Å²) in [6.07, 6.45) is 7.45. The molecule has 0 aliphatic carbocycles. The van der Waals surface area contributed by atoms with Gasteiger partial charge in [-0.15, -0.1) is 12.3 Å². The summed E-state index contributed by atoms with van der Waals surface area (Å²) in [4.78, 5) is 0. The summed E-state index contributed by atoms with van der Waals surface area (Å²) in [6.45, 7) is 4.02. The first-order valence-electron chi connectivity index (χ1n) is 3.83. The number of rotatable bonds is 4. The van der Waals surface area contributed by atoms with Crippen LogP contribution in [0.4, 0.5) is 0 Å². The van der Waals surface area contributed by atoms with Gasteiger partial charge in [-0.3, -0.25) is 0 Å². The summed E-state index contributed by atoms with van der Waals surface area (Å²) in [5.74, 6) is 2.91. The van der Waals surface area contributed by atoms with Crippen molar-refractivity contribution in [1.29, 1.82) is 0 Å². The maximum absolute atomic E-state index is 9.28. The minimum Gasteiger partial charge on any atom is -0.393 e. The third kappa shape index (κ3) is 3.53. The fourth-order valence-corrected chi connectivity index (χ4v) is 0.906. The fraction of sp³-hybridized carbons (Fsp3) is 0.778. The lowest BCUT2D eigenvalue weighted by Crippen LogP contribution is -2.15. The molecular weight excluding hydrogens is 124 g/mol. The Kier molecular flexibility index (Phi) is 5.06. The van der Waals surface area contributed by atoms with Crippen LogP contribution < -0.4 is 0 Å². The fourth-order valence-electron chi connectivity index (χ4n) is 0.906. The molecule has 0 saturated carbocycles. The molecule has 0 aliphatic rings. The molecule has 10 heavy (non-hydrogen) atoms. The lowest BCUT2D eigenvalue weighted by molar-refractivity contribution is 0.109. The van der Waals surface area contributed by atoms with E-state index in [0.29, 0.717) is 5.92 Å². The molecule has 0 bridgehead atoms. The average Bonchev–Trinajstić information content (AvgIpc) is 1.98. The molecule has 0 aromatic heterocycles. The van der Waals surface area contributed by atoms with Gasteiger partial charge < -0.3 is 5.11 Å². The van der Waals surface area contributed by atoms with Gasteiger partial charge in [0.15, 0.2) is 0 Å². The van der Waals surface area contributed by atoms with Gasteiger partial charge >= 0.3 is 0 Å². The second-order valence-electron chi connectivity index (χ2n) is 2.70. The van der Waals surface area contributed by atoms with Gasteiger partial charge in [0.05, 0.1) is 6.10 Å². The van der Waals surface area contributed by atoms with Crippen molar-refractivity contribution in [3.63, 3.8) is 0 Å². The first kappa shape index (κ1) is 9.52. The first-order valence-corrected chi connectivity index (χ1v) is 3.83. The van der Waals surface area contributed by atoms with Crippen molar-refractivity contribution in [2.24, 2.45) is 5.92 Å². The van der Waals surface area contributed by atoms with Crippen molar-refractivity contribution in [2.45, 2.75) is 39.2 Å². The van der Waals surface area contributed by atoms with E-state index in [1.165, 1.54) is 0 Å². The first-order chi connectivity index (χ1) is 4.72. The molecule has 0 saturated heterocycles. The smallest absolute Gasteiger partial charge is 0.0563 e. The monoisotopic (exact) mass is 140 g/mol. The summed E-state index contributed by atoms with van der Waals surface area (Å²) in [7, 11) is 0. The van der Waals surface area contributed by atoms with Crippen molar-refractivity contribution >= 4 is 0 Å². The lowest BCUT2D eigenvalue weighted by Gasteiger charge is -2.15. The average molecular weight is 140 g/mol. The van der Waals surface area contributed by atoms with E-state index in [-0.39, 0.29) is 6.10 Å². The van der Waals surface area contributed by atoms with E-state index >= 15 is 0 Å². The van der Waals surface area contributed by atoms with Crippen molar-refractivity contribution in [2.75, 3.05) is 0 Å². The molecule has 1 nitrogen and oxygen atoms in total. The Morgan fingerprint density at radius 2 is 2.20 bits per heavy atom. The molecule has 0 aromatic carbocycles. The van der Waals surface area contributed by atoms with Crippen LogP contribution in [0.3, 0.4) is 0 Å². The lowest BCUT2D eigenvalue weighted by atomic mass is 9.98. The second-order valence-corrected chi connectivity index (χ2v) is 2.70. The maximum atomic E-state index is 9.28. The quantitative estimate of drug-likeness (QED) is 0.590. The molecule has 2 atom stereocenters. The van der Waals surface area contributed by atoms with Gasteiger partial charge in [-0.25, -0.2) is 0 Å². The molecule has 0 spiro atoms. The van der Waals surface area contributed by atoms with Gasteiger partial charge in [-0.05, 0) is 18.8 Å². The molecule has 1 heteroatoms. The minimum absolute atomic E-state index is 0.173. The van der Waals surface area contributed by atoms with Crippen LogP contribution in [0, 0.1) is 18.3 Å². The Hall–Kier alpha value is -0.480. The number of aliphatic hydroxyl groups excluding tert-OH is 1. The Labute approximate surface area is 63.5 Å². The number of aliphatic hydroxyl groups is 1. The topological polar surface area (TPSA) is 20.2 Å². The van der Waals surface area contributed by atoms with E-state index in [9.17, 15) is 5.11 Å². The Balaban J connectivity index is 3.43. The molecule has 0 aliphatic heterocycles. The summed E-state index contributed by atoms with van der Waals surface area (Å²) in [5, 5.41) is 9.28. The summed E-state index contributed by atoms with van der Waals surface area (Å²) >= 11 is 0. The molecule has 0 aromatic rings. The zero-order valence-electron chi connectivity index (χ0n) is 6.80. The second kappa shape index (κ2) is 5.32. The van der Waals surface area contributed by atoms with Crippen molar-refractivity contribution < 1.29 is 5.11 Å². The predicted octanol–water partition coefficient (Wildman–Crippen LogP) is 1.81. The predicted molar refractivity (Wildman–Crippen MR) is 43.5 cm³/mol. The van der Waals surface area contributed by atoms with E-state index in [0.717, 1.165) is 19.3 Å². The van der Waals surface area contributed by atoms with Crippen LogP contribution in [0.15, 0.2) is 0 Å². The van der Waals surface area contributed by atoms with Gasteiger partial charge in [0.1, 0.15) is 0 Å². The number of hydrogen-bond acceptors (Lipinski definition) is 1. The van der Waals surface area contributed by atoms with Gasteiger partial charge in [0, 0.05) is 6.42 Å². The molecular formula is C9H16O. The van der Waals surface area contributed by atoms with Crippen LogP contribution in [0.25, 0.3) is 0 Å². The Morgan fingerprint density at radius 3 is 2.60 bits per heavy atom. The molecule has 2 unspecified atom stereocenters. The number of terminal acetylenes is 1. The number of hydrogen-bond donors (Lipinski definition) is 1. The molecule has 0 rings (SSSR count). The highest BCUT2D eigenvalue weighted by molar-refractivity contribution is 4.84. The standard InChI is InChI=1S/C9H16O/c1-4-6-7-8(3)9(10)5-2/h1,8-10H,5-7H2,2-3H3. The van der Waals surface area contributed by atoms with Crippen molar-refractivity contribution in [3.05, 3.63) is 0 Å². The third-order valence-electron chi connectivity index (χ3n) is 1.82. The summed E-state index contributed by atoms with van der Waals surface area (Å²) in [5.41, 5.74) is 0. The Bertz CT molecular complexity index is 112. The SMILES string of the molecule is C#CCCC(C)C(O)CC. The molecule has 0 radical (unpaired) electrons. The zero-order valence-corrected chi connectivity index (χ0v) is 6.80. The van der Waals surface area contributed by atoms with Gasteiger partial charge in [0.25, 0.3) is 0 Å². The van der Waals surface area contributed by atoms with E-state index in [2.05, 4.69) is 5.92 Å². The molecule has 0 amide bonds. The van der Waals surface area contributed by atoms with Gasteiger partial charge in [-0.2, -0.15) is 0 Å². The highest BCUT2D eigenvalue weighted by atomic mass is 16.3. The molecule has 0 heterocycles. The molecule has 58 valence electrons. The highest BCUT2D eigenvalue weighted by Gasteiger charge is 2.09.